The highest BCUT2D eigenvalue weighted by molar-refractivity contribution is 9.10. The number of nitrogen functional groups attached to an aromatic ring is 2. The summed E-state index contributed by atoms with van der Waals surface area (Å²) in [5, 5.41) is 2.16. The first-order valence-corrected chi connectivity index (χ1v) is 6.93. The Bertz CT molecular complexity index is 808. The number of nitrogens with one attached hydrogen (secondary N) is 1. The molecule has 0 radical (unpaired) electrons. The fourth-order valence-electron chi connectivity index (χ4n) is 1.97. The first-order valence-electron chi connectivity index (χ1n) is 6.13. The summed E-state index contributed by atoms with van der Waals surface area (Å²) < 4.78 is 6.61. The Balaban J connectivity index is 2.02. The van der Waals surface area contributed by atoms with Crippen molar-refractivity contribution in [1.29, 1.82) is 0 Å². The number of benzene rings is 2. The maximum atomic E-state index is 5.77. The molecule has 0 aliphatic rings. The van der Waals surface area contributed by atoms with E-state index in [1.54, 1.807) is 6.07 Å². The van der Waals surface area contributed by atoms with Crippen LogP contribution in [-0.2, 0) is 0 Å². The zero-order chi connectivity index (χ0) is 14.8. The summed E-state index contributed by atoms with van der Waals surface area (Å²) in [7, 11) is 0. The van der Waals surface area contributed by atoms with Gasteiger partial charge in [-0.05, 0) is 32.8 Å². The van der Waals surface area contributed by atoms with Crippen LogP contribution in [0, 0.1) is 0 Å². The molecule has 0 aliphatic heterocycles. The Morgan fingerprint density at radius 1 is 1.10 bits per heavy atom. The minimum absolute atomic E-state index is 0.0809. The lowest BCUT2D eigenvalue weighted by Gasteiger charge is -2.10. The molecule has 0 bridgehead atoms. The number of anilines is 2. The number of halogens is 1. The van der Waals surface area contributed by atoms with Gasteiger partial charge in [0.15, 0.2) is 0 Å². The molecular formula is C14H12BrN5O. The van der Waals surface area contributed by atoms with E-state index in [1.807, 2.05) is 36.4 Å². The molecule has 0 spiro atoms. The molecule has 3 rings (SSSR count). The Kier molecular flexibility index (Phi) is 3.59. The van der Waals surface area contributed by atoms with Crippen molar-refractivity contribution >= 4 is 38.5 Å². The second-order valence-electron chi connectivity index (χ2n) is 4.29. The molecule has 5 N–H and O–H groups in total. The molecule has 2 aromatic carbocycles. The zero-order valence-electron chi connectivity index (χ0n) is 10.9. The molecule has 21 heavy (non-hydrogen) atoms. The second-order valence-corrected chi connectivity index (χ2v) is 5.09. The van der Waals surface area contributed by atoms with E-state index < -0.39 is 0 Å². The summed E-state index contributed by atoms with van der Waals surface area (Å²) in [6, 6.07) is 13.4. The molecule has 1 aromatic heterocycles. The van der Waals surface area contributed by atoms with Gasteiger partial charge in [0.25, 0.3) is 0 Å². The normalized spacial score (nSPS) is 10.6. The number of hydrogen-bond donors (Lipinski definition) is 3. The number of nitrogens with zero attached hydrogens (tertiary/aromatic N) is 2. The maximum absolute atomic E-state index is 5.77. The molecular weight excluding hydrogens is 334 g/mol. The van der Waals surface area contributed by atoms with Crippen LogP contribution in [0.4, 0.5) is 11.8 Å². The minimum atomic E-state index is 0.0809. The number of rotatable bonds is 3. The van der Waals surface area contributed by atoms with Crippen LogP contribution in [0.2, 0.25) is 0 Å². The summed E-state index contributed by atoms with van der Waals surface area (Å²) in [5.41, 5.74) is 8.02. The van der Waals surface area contributed by atoms with Crippen LogP contribution < -0.4 is 21.7 Å². The number of ether oxygens (including phenoxy) is 1. The van der Waals surface area contributed by atoms with Crippen molar-refractivity contribution in [2.75, 3.05) is 11.2 Å². The van der Waals surface area contributed by atoms with E-state index in [9.17, 15) is 0 Å². The molecule has 0 saturated heterocycles. The van der Waals surface area contributed by atoms with E-state index in [4.69, 9.17) is 16.3 Å². The van der Waals surface area contributed by atoms with E-state index in [1.165, 1.54) is 0 Å². The highest BCUT2D eigenvalue weighted by atomic mass is 79.9. The van der Waals surface area contributed by atoms with Crippen LogP contribution in [0.25, 0.3) is 10.8 Å². The van der Waals surface area contributed by atoms with Crippen LogP contribution in [0.15, 0.2) is 46.9 Å². The first-order chi connectivity index (χ1) is 10.2. The molecule has 1 heterocycles. The van der Waals surface area contributed by atoms with Crippen LogP contribution in [0.5, 0.6) is 11.6 Å². The summed E-state index contributed by atoms with van der Waals surface area (Å²) in [5.74, 6) is 6.73. The average molecular weight is 346 g/mol. The third-order valence-corrected chi connectivity index (χ3v) is 3.73. The number of hydrazine groups is 1. The van der Waals surface area contributed by atoms with Crippen LogP contribution in [0.3, 0.4) is 0 Å². The van der Waals surface area contributed by atoms with E-state index in [-0.39, 0.29) is 5.95 Å². The van der Waals surface area contributed by atoms with E-state index in [2.05, 4.69) is 31.3 Å². The van der Waals surface area contributed by atoms with Crippen molar-refractivity contribution in [3.05, 3.63) is 46.9 Å². The number of aromatic nitrogens is 2. The summed E-state index contributed by atoms with van der Waals surface area (Å²) in [6.45, 7) is 0. The van der Waals surface area contributed by atoms with Gasteiger partial charge in [0.1, 0.15) is 11.6 Å². The highest BCUT2D eigenvalue weighted by Crippen LogP contribution is 2.35. The molecule has 0 fully saturated rings. The molecule has 3 aromatic rings. The van der Waals surface area contributed by atoms with Gasteiger partial charge in [-0.25, -0.2) is 5.84 Å². The van der Waals surface area contributed by atoms with Gasteiger partial charge in [-0.2, -0.15) is 9.97 Å². The fourth-order valence-corrected chi connectivity index (χ4v) is 2.55. The van der Waals surface area contributed by atoms with Crippen LogP contribution in [-0.4, -0.2) is 9.97 Å². The van der Waals surface area contributed by atoms with Gasteiger partial charge in [-0.1, -0.05) is 30.3 Å². The van der Waals surface area contributed by atoms with Gasteiger partial charge in [0.05, 0.1) is 4.47 Å². The maximum Gasteiger partial charge on any atom is 0.226 e. The average Bonchev–Trinajstić information content (AvgIpc) is 2.50. The molecule has 0 unspecified atom stereocenters. The molecule has 106 valence electrons. The highest BCUT2D eigenvalue weighted by Gasteiger charge is 2.09. The summed E-state index contributed by atoms with van der Waals surface area (Å²) in [4.78, 5) is 7.93. The third-order valence-electron chi connectivity index (χ3n) is 2.91. The smallest absolute Gasteiger partial charge is 0.226 e. The van der Waals surface area contributed by atoms with E-state index in [0.717, 1.165) is 15.2 Å². The number of nitrogens with two attached hydrogens (primary N) is 2. The minimum Gasteiger partial charge on any atom is -0.438 e. The van der Waals surface area contributed by atoms with Crippen molar-refractivity contribution in [3.63, 3.8) is 0 Å². The SMILES string of the molecule is NNc1cc(Oc2ccc3ccccc3c2Br)nc(N)n1. The molecule has 7 heteroatoms. The van der Waals surface area contributed by atoms with Crippen molar-refractivity contribution < 1.29 is 4.74 Å². The molecule has 0 aliphatic carbocycles. The van der Waals surface area contributed by atoms with Crippen LogP contribution in [0.1, 0.15) is 0 Å². The Labute approximate surface area is 129 Å². The predicted molar refractivity (Wildman–Crippen MR) is 86.0 cm³/mol. The Morgan fingerprint density at radius 3 is 2.71 bits per heavy atom. The predicted octanol–water partition coefficient (Wildman–Crippen LogP) is 3.05. The second kappa shape index (κ2) is 5.55. The summed E-state index contributed by atoms with van der Waals surface area (Å²) in [6.07, 6.45) is 0. The van der Waals surface area contributed by atoms with Crippen molar-refractivity contribution in [2.24, 2.45) is 5.84 Å². The van der Waals surface area contributed by atoms with Gasteiger partial charge in [-0.3, -0.25) is 0 Å². The topological polar surface area (TPSA) is 99.1 Å². The third kappa shape index (κ3) is 2.74. The van der Waals surface area contributed by atoms with Gasteiger partial charge in [0, 0.05) is 6.07 Å². The van der Waals surface area contributed by atoms with Crippen molar-refractivity contribution in [1.82, 2.24) is 9.97 Å². The number of hydrogen-bond acceptors (Lipinski definition) is 6. The molecule has 6 nitrogen and oxygen atoms in total. The quantitative estimate of drug-likeness (QED) is 0.498. The lowest BCUT2D eigenvalue weighted by molar-refractivity contribution is 0.461. The van der Waals surface area contributed by atoms with Crippen molar-refractivity contribution in [3.8, 4) is 11.6 Å². The van der Waals surface area contributed by atoms with Gasteiger partial charge in [0.2, 0.25) is 11.8 Å². The van der Waals surface area contributed by atoms with Crippen LogP contribution >= 0.6 is 15.9 Å². The van der Waals surface area contributed by atoms with Gasteiger partial charge < -0.3 is 15.9 Å². The number of fused-ring (bicyclic) bond motifs is 1. The van der Waals surface area contributed by atoms with E-state index >= 15 is 0 Å². The summed E-state index contributed by atoms with van der Waals surface area (Å²) >= 11 is 3.55. The van der Waals surface area contributed by atoms with Gasteiger partial charge in [-0.15, -0.1) is 0 Å². The Morgan fingerprint density at radius 2 is 1.90 bits per heavy atom. The zero-order valence-corrected chi connectivity index (χ0v) is 12.5. The molecule has 0 atom stereocenters. The van der Waals surface area contributed by atoms with Crippen molar-refractivity contribution in [2.45, 2.75) is 0 Å². The van der Waals surface area contributed by atoms with Gasteiger partial charge >= 0.3 is 0 Å². The van der Waals surface area contributed by atoms with E-state index in [0.29, 0.717) is 17.4 Å². The molecule has 0 amide bonds. The Hall–Kier alpha value is -2.38. The standard InChI is InChI=1S/C14H12BrN5O/c15-13-9-4-2-1-3-8(9)5-6-10(13)21-12-7-11(20-17)18-14(16)19-12/h1-7H,17H2,(H3,16,18,19,20). The molecule has 0 saturated carbocycles. The monoisotopic (exact) mass is 345 g/mol. The lowest BCUT2D eigenvalue weighted by Crippen LogP contribution is -2.10. The fraction of sp³-hybridized carbons (Fsp3) is 0. The first kappa shape index (κ1) is 13.6. The largest absolute Gasteiger partial charge is 0.438 e. The lowest BCUT2D eigenvalue weighted by atomic mass is 10.1.